The lowest BCUT2D eigenvalue weighted by molar-refractivity contribution is -0.0591. The molecular formula is C31H28FN7O4. The molecule has 0 bridgehead atoms. The number of aromatic nitrogens is 4. The van der Waals surface area contributed by atoms with Crippen LogP contribution in [0, 0.1) is 12.4 Å². The molecule has 0 radical (unpaired) electrons. The molecule has 5 heterocycles. The van der Waals surface area contributed by atoms with Gasteiger partial charge in [0.1, 0.15) is 18.2 Å². The molecule has 0 spiro atoms. The minimum absolute atomic E-state index is 0.000455. The smallest absolute Gasteiger partial charge is 0.335 e. The SMILES string of the molecule is [C-]#[N+]c1ccc(COc2ccnc(N3CC4=C(CN(Cc5nc6ccc(C(=O)O)cc6n5C[C@@H]5CCO5)C4)C3)n2)c(F)c1. The second kappa shape index (κ2) is 11.1. The number of imidazole rings is 1. The lowest BCUT2D eigenvalue weighted by Crippen LogP contribution is -2.33. The Kier molecular flexibility index (Phi) is 6.96. The lowest BCUT2D eigenvalue weighted by Gasteiger charge is -2.28. The van der Waals surface area contributed by atoms with Gasteiger partial charge in [-0.3, -0.25) is 4.90 Å². The van der Waals surface area contributed by atoms with Gasteiger partial charge in [-0.15, -0.1) is 0 Å². The zero-order valence-electron chi connectivity index (χ0n) is 23.2. The first kappa shape index (κ1) is 27.0. The van der Waals surface area contributed by atoms with Crippen LogP contribution in [-0.2, 0) is 24.4 Å². The first-order valence-electron chi connectivity index (χ1n) is 14.1. The van der Waals surface area contributed by atoms with E-state index in [1.807, 2.05) is 0 Å². The van der Waals surface area contributed by atoms with E-state index in [1.54, 1.807) is 42.6 Å². The zero-order valence-corrected chi connectivity index (χ0v) is 23.2. The molecule has 1 fully saturated rings. The number of carboxylic acid groups (broad SMARTS) is 1. The number of hydrogen-bond acceptors (Lipinski definition) is 8. The van der Waals surface area contributed by atoms with E-state index in [0.717, 1.165) is 43.0 Å². The van der Waals surface area contributed by atoms with Crippen LogP contribution in [-0.4, -0.2) is 74.4 Å². The summed E-state index contributed by atoms with van der Waals surface area (Å²) in [6, 6.07) is 11.0. The van der Waals surface area contributed by atoms with Gasteiger partial charge in [-0.1, -0.05) is 12.1 Å². The van der Waals surface area contributed by atoms with Crippen LogP contribution in [0.4, 0.5) is 16.0 Å². The highest BCUT2D eigenvalue weighted by molar-refractivity contribution is 5.92. The average molecular weight is 582 g/mol. The van der Waals surface area contributed by atoms with Gasteiger partial charge in [0.15, 0.2) is 5.69 Å². The molecule has 43 heavy (non-hydrogen) atoms. The van der Waals surface area contributed by atoms with Crippen molar-refractivity contribution in [1.82, 2.24) is 24.4 Å². The number of halogens is 1. The van der Waals surface area contributed by atoms with Gasteiger partial charge in [0.25, 0.3) is 0 Å². The number of nitrogens with zero attached hydrogens (tertiary/aromatic N) is 7. The predicted molar refractivity (Wildman–Crippen MR) is 155 cm³/mol. The van der Waals surface area contributed by atoms with E-state index in [-0.39, 0.29) is 24.0 Å². The molecule has 0 aliphatic carbocycles. The van der Waals surface area contributed by atoms with Crippen molar-refractivity contribution in [3.05, 3.63) is 94.0 Å². The first-order chi connectivity index (χ1) is 20.9. The van der Waals surface area contributed by atoms with E-state index in [4.69, 9.17) is 21.0 Å². The predicted octanol–water partition coefficient (Wildman–Crippen LogP) is 4.21. The topological polar surface area (TPSA) is 110 Å². The van der Waals surface area contributed by atoms with Gasteiger partial charge < -0.3 is 24.0 Å². The highest BCUT2D eigenvalue weighted by Crippen LogP contribution is 2.31. The van der Waals surface area contributed by atoms with E-state index in [2.05, 4.69) is 29.2 Å². The Hall–Kier alpha value is -4.86. The summed E-state index contributed by atoms with van der Waals surface area (Å²) < 4.78 is 27.8. The number of anilines is 1. The summed E-state index contributed by atoms with van der Waals surface area (Å²) in [6.07, 6.45) is 2.73. The molecule has 11 nitrogen and oxygen atoms in total. The minimum Gasteiger partial charge on any atom is -0.478 e. The number of hydrogen-bond donors (Lipinski definition) is 1. The fourth-order valence-electron chi connectivity index (χ4n) is 5.81. The first-order valence-corrected chi connectivity index (χ1v) is 14.1. The highest BCUT2D eigenvalue weighted by atomic mass is 19.1. The molecule has 218 valence electrons. The molecule has 0 unspecified atom stereocenters. The Labute approximate surface area is 246 Å². The zero-order chi connectivity index (χ0) is 29.5. The third kappa shape index (κ3) is 5.40. The molecule has 2 aromatic carbocycles. The molecule has 1 saturated heterocycles. The summed E-state index contributed by atoms with van der Waals surface area (Å²) in [4.78, 5) is 33.2. The summed E-state index contributed by atoms with van der Waals surface area (Å²) in [6.45, 7) is 12.1. The number of fused-ring (bicyclic) bond motifs is 1. The van der Waals surface area contributed by atoms with E-state index in [0.29, 0.717) is 43.6 Å². The number of rotatable bonds is 9. The third-order valence-electron chi connectivity index (χ3n) is 8.15. The van der Waals surface area contributed by atoms with E-state index >= 15 is 0 Å². The molecule has 2 aromatic heterocycles. The van der Waals surface area contributed by atoms with Gasteiger partial charge in [0.05, 0.1) is 42.4 Å². The molecule has 12 heteroatoms. The van der Waals surface area contributed by atoms with Crippen LogP contribution in [0.3, 0.4) is 0 Å². The van der Waals surface area contributed by atoms with E-state index in [1.165, 1.54) is 17.2 Å². The summed E-state index contributed by atoms with van der Waals surface area (Å²) >= 11 is 0. The van der Waals surface area contributed by atoms with Gasteiger partial charge in [-0.2, -0.15) is 4.98 Å². The molecule has 1 atom stereocenters. The Balaban J connectivity index is 1.00. The monoisotopic (exact) mass is 581 g/mol. The Morgan fingerprint density at radius 2 is 1.93 bits per heavy atom. The maximum Gasteiger partial charge on any atom is 0.335 e. The van der Waals surface area contributed by atoms with Crippen molar-refractivity contribution >= 4 is 28.6 Å². The maximum absolute atomic E-state index is 14.3. The standard InChI is InChI=1S/C31H28FN7O4/c1-33-23-4-2-20(25(32)11-23)18-43-29-6-8-34-31(36-29)38-14-21-12-37(13-22(21)15-38)17-28-35-26-5-3-19(30(40)41)10-27(26)39(28)16-24-7-9-42-24/h2-6,8,10-11,24H,7,9,12-18H2,(H,40,41)/t24-/m0/s1. The van der Waals surface area contributed by atoms with Crippen molar-refractivity contribution in [2.45, 2.75) is 32.2 Å². The number of carbonyl (C=O) groups is 1. The average Bonchev–Trinajstić information content (AvgIpc) is 3.65. The second-order valence-electron chi connectivity index (χ2n) is 11.0. The quantitative estimate of drug-likeness (QED) is 0.230. The summed E-state index contributed by atoms with van der Waals surface area (Å²) in [5.41, 5.74) is 5.10. The van der Waals surface area contributed by atoms with Crippen molar-refractivity contribution in [2.75, 3.05) is 37.7 Å². The van der Waals surface area contributed by atoms with Crippen LogP contribution in [0.2, 0.25) is 0 Å². The number of benzene rings is 2. The highest BCUT2D eigenvalue weighted by Gasteiger charge is 2.32. The summed E-state index contributed by atoms with van der Waals surface area (Å²) in [7, 11) is 0. The van der Waals surface area contributed by atoms with Crippen LogP contribution in [0.15, 0.2) is 59.8 Å². The number of carboxylic acids is 1. The van der Waals surface area contributed by atoms with Crippen LogP contribution >= 0.6 is 0 Å². The van der Waals surface area contributed by atoms with Gasteiger partial charge in [-0.25, -0.2) is 24.0 Å². The fraction of sp³-hybridized carbons (Fsp3) is 0.323. The van der Waals surface area contributed by atoms with E-state index in [9.17, 15) is 14.3 Å². The van der Waals surface area contributed by atoms with Gasteiger partial charge in [0, 0.05) is 50.6 Å². The van der Waals surface area contributed by atoms with E-state index < -0.39 is 11.8 Å². The van der Waals surface area contributed by atoms with Crippen LogP contribution < -0.4 is 9.64 Å². The Bertz CT molecular complexity index is 1790. The fourth-order valence-corrected chi connectivity index (χ4v) is 5.81. The van der Waals surface area contributed by atoms with Gasteiger partial charge >= 0.3 is 5.97 Å². The maximum atomic E-state index is 14.3. The minimum atomic E-state index is -0.956. The largest absolute Gasteiger partial charge is 0.478 e. The summed E-state index contributed by atoms with van der Waals surface area (Å²) in [5.74, 6) is 0.374. The Morgan fingerprint density at radius 1 is 1.12 bits per heavy atom. The summed E-state index contributed by atoms with van der Waals surface area (Å²) in [5, 5.41) is 9.51. The van der Waals surface area contributed by atoms with Gasteiger partial charge in [-0.05, 0) is 41.8 Å². The molecular weight excluding hydrogens is 553 g/mol. The molecule has 1 N–H and O–H groups in total. The van der Waals surface area contributed by atoms with Crippen LogP contribution in [0.5, 0.6) is 5.88 Å². The molecule has 3 aliphatic rings. The normalized spacial score (nSPS) is 18.1. The number of ether oxygens (including phenoxy) is 2. The molecule has 0 saturated carbocycles. The number of aromatic carboxylic acids is 1. The van der Waals surface area contributed by atoms with Crippen molar-refractivity contribution in [3.8, 4) is 5.88 Å². The van der Waals surface area contributed by atoms with Crippen molar-refractivity contribution in [3.63, 3.8) is 0 Å². The molecule has 4 aromatic rings. The molecule has 0 amide bonds. The van der Waals surface area contributed by atoms with Crippen molar-refractivity contribution in [2.24, 2.45) is 0 Å². The van der Waals surface area contributed by atoms with Crippen LogP contribution in [0.25, 0.3) is 15.9 Å². The van der Waals surface area contributed by atoms with Crippen LogP contribution in [0.1, 0.15) is 28.2 Å². The van der Waals surface area contributed by atoms with Crippen molar-refractivity contribution in [1.29, 1.82) is 0 Å². The van der Waals surface area contributed by atoms with Gasteiger partial charge in [0.2, 0.25) is 11.8 Å². The Morgan fingerprint density at radius 3 is 2.63 bits per heavy atom. The van der Waals surface area contributed by atoms with Crippen molar-refractivity contribution < 1.29 is 23.8 Å². The molecule has 7 rings (SSSR count). The lowest BCUT2D eigenvalue weighted by atomic mass is 10.1. The second-order valence-corrected chi connectivity index (χ2v) is 11.0. The third-order valence-corrected chi connectivity index (χ3v) is 8.15. The molecule has 3 aliphatic heterocycles.